The molecule has 1 heterocycles. The first kappa shape index (κ1) is 26.7. The summed E-state index contributed by atoms with van der Waals surface area (Å²) < 4.78 is 0. The Morgan fingerprint density at radius 1 is 1.06 bits per heavy atom. The number of thiol groups is 1. The lowest BCUT2D eigenvalue weighted by molar-refractivity contribution is -0.143. The zero-order valence-corrected chi connectivity index (χ0v) is 18.6. The van der Waals surface area contributed by atoms with Gasteiger partial charge in [-0.15, -0.1) is 0 Å². The third-order valence-corrected chi connectivity index (χ3v) is 5.61. The number of nitrogens with one attached hydrogen (secondary N) is 4. The van der Waals surface area contributed by atoms with Crippen LogP contribution in [0.2, 0.25) is 0 Å². The van der Waals surface area contributed by atoms with Gasteiger partial charge in [0.15, 0.2) is 0 Å². The standard InChI is InChI=1S/C19H32N4O7S/c1-3-10(2)15(19(29)30)23-18(28)13(9-31)22-17(27)12(6-7-14(24)25)21-16(26)11-5-4-8-20-11/h10-13,15,20,31H,3-9H2,1-2H3,(H,21,26)(H,22,27)(H,23,28)(H,24,25)(H,29,30). The van der Waals surface area contributed by atoms with Gasteiger partial charge in [-0.25, -0.2) is 4.79 Å². The molecule has 0 radical (unpaired) electrons. The zero-order chi connectivity index (χ0) is 23.6. The Morgan fingerprint density at radius 2 is 1.71 bits per heavy atom. The van der Waals surface area contributed by atoms with Crippen LogP contribution < -0.4 is 21.3 Å². The maximum absolute atomic E-state index is 12.7. The van der Waals surface area contributed by atoms with Crippen LogP contribution in [-0.4, -0.2) is 76.3 Å². The van der Waals surface area contributed by atoms with Crippen LogP contribution in [0.1, 0.15) is 46.0 Å². The second-order valence-corrected chi connectivity index (χ2v) is 7.96. The molecule has 5 atom stereocenters. The molecule has 0 aromatic heterocycles. The van der Waals surface area contributed by atoms with Crippen LogP contribution in [0, 0.1) is 5.92 Å². The molecule has 31 heavy (non-hydrogen) atoms. The van der Waals surface area contributed by atoms with E-state index in [9.17, 15) is 29.1 Å². The molecule has 1 aliphatic heterocycles. The number of carboxylic acids is 2. The molecule has 176 valence electrons. The Hall–Kier alpha value is -2.34. The molecular weight excluding hydrogens is 428 g/mol. The van der Waals surface area contributed by atoms with E-state index >= 15 is 0 Å². The van der Waals surface area contributed by atoms with E-state index in [0.717, 1.165) is 6.42 Å². The number of hydrogen-bond donors (Lipinski definition) is 7. The Morgan fingerprint density at radius 3 is 2.19 bits per heavy atom. The van der Waals surface area contributed by atoms with Crippen molar-refractivity contribution in [2.75, 3.05) is 12.3 Å². The van der Waals surface area contributed by atoms with E-state index in [-0.39, 0.29) is 24.5 Å². The number of amides is 3. The van der Waals surface area contributed by atoms with Gasteiger partial charge in [0, 0.05) is 12.2 Å². The van der Waals surface area contributed by atoms with Crippen molar-refractivity contribution in [1.29, 1.82) is 0 Å². The molecule has 0 aromatic rings. The van der Waals surface area contributed by atoms with E-state index in [2.05, 4.69) is 33.9 Å². The highest BCUT2D eigenvalue weighted by molar-refractivity contribution is 7.80. The van der Waals surface area contributed by atoms with Crippen molar-refractivity contribution in [3.63, 3.8) is 0 Å². The minimum atomic E-state index is -1.19. The molecule has 1 fully saturated rings. The Kier molecular flexibility index (Phi) is 11.3. The van der Waals surface area contributed by atoms with Gasteiger partial charge in [0.2, 0.25) is 17.7 Å². The van der Waals surface area contributed by atoms with Gasteiger partial charge >= 0.3 is 11.9 Å². The quantitative estimate of drug-likeness (QED) is 0.173. The number of hydrogen-bond acceptors (Lipinski definition) is 7. The maximum atomic E-state index is 12.7. The van der Waals surface area contributed by atoms with Gasteiger partial charge in [0.05, 0.1) is 6.04 Å². The summed E-state index contributed by atoms with van der Waals surface area (Å²) in [4.78, 5) is 60.0. The number of aliphatic carboxylic acids is 2. The van der Waals surface area contributed by atoms with Gasteiger partial charge < -0.3 is 31.5 Å². The summed E-state index contributed by atoms with van der Waals surface area (Å²) in [6, 6.07) is -3.91. The zero-order valence-electron chi connectivity index (χ0n) is 17.7. The highest BCUT2D eigenvalue weighted by Gasteiger charge is 2.32. The molecule has 1 rings (SSSR count). The third-order valence-electron chi connectivity index (χ3n) is 5.25. The largest absolute Gasteiger partial charge is 0.481 e. The predicted molar refractivity (Wildman–Crippen MR) is 115 cm³/mol. The van der Waals surface area contributed by atoms with Crippen molar-refractivity contribution < 1.29 is 34.2 Å². The summed E-state index contributed by atoms with van der Waals surface area (Å²) >= 11 is 4.06. The predicted octanol–water partition coefficient (Wildman–Crippen LogP) is -0.882. The summed E-state index contributed by atoms with van der Waals surface area (Å²) in [5, 5.41) is 28.7. The molecule has 0 spiro atoms. The fraction of sp³-hybridized carbons (Fsp3) is 0.737. The first-order valence-electron chi connectivity index (χ1n) is 10.3. The van der Waals surface area contributed by atoms with Crippen LogP contribution in [0.15, 0.2) is 0 Å². The molecule has 1 aliphatic rings. The topological polar surface area (TPSA) is 174 Å². The number of carboxylic acid groups (broad SMARTS) is 2. The van der Waals surface area contributed by atoms with Crippen LogP contribution in [-0.2, 0) is 24.0 Å². The molecule has 6 N–H and O–H groups in total. The van der Waals surface area contributed by atoms with E-state index in [1.54, 1.807) is 13.8 Å². The summed E-state index contributed by atoms with van der Waals surface area (Å²) in [5.41, 5.74) is 0. The van der Waals surface area contributed by atoms with Crippen molar-refractivity contribution in [1.82, 2.24) is 21.3 Å². The van der Waals surface area contributed by atoms with E-state index in [1.165, 1.54) is 0 Å². The van der Waals surface area contributed by atoms with E-state index < -0.39 is 53.8 Å². The van der Waals surface area contributed by atoms with Gasteiger partial charge in [0.25, 0.3) is 0 Å². The number of carbonyl (C=O) groups is 5. The van der Waals surface area contributed by atoms with Crippen LogP contribution >= 0.6 is 12.6 Å². The van der Waals surface area contributed by atoms with Gasteiger partial charge in [-0.3, -0.25) is 19.2 Å². The summed E-state index contributed by atoms with van der Waals surface area (Å²) in [7, 11) is 0. The smallest absolute Gasteiger partial charge is 0.326 e. The van der Waals surface area contributed by atoms with Crippen molar-refractivity contribution in [3.05, 3.63) is 0 Å². The first-order valence-corrected chi connectivity index (χ1v) is 10.9. The van der Waals surface area contributed by atoms with Crippen LogP contribution in [0.5, 0.6) is 0 Å². The van der Waals surface area contributed by atoms with Crippen molar-refractivity contribution in [2.24, 2.45) is 5.92 Å². The van der Waals surface area contributed by atoms with Gasteiger partial charge in [-0.2, -0.15) is 12.6 Å². The average molecular weight is 461 g/mol. The van der Waals surface area contributed by atoms with Crippen molar-refractivity contribution in [3.8, 4) is 0 Å². The maximum Gasteiger partial charge on any atom is 0.326 e. The molecule has 5 unspecified atom stereocenters. The van der Waals surface area contributed by atoms with Gasteiger partial charge in [-0.05, 0) is 31.7 Å². The monoisotopic (exact) mass is 460 g/mol. The van der Waals surface area contributed by atoms with Crippen molar-refractivity contribution in [2.45, 2.75) is 70.1 Å². The van der Waals surface area contributed by atoms with E-state index in [0.29, 0.717) is 19.4 Å². The lowest BCUT2D eigenvalue weighted by Gasteiger charge is -2.25. The molecule has 12 heteroatoms. The second kappa shape index (κ2) is 13.2. The van der Waals surface area contributed by atoms with Crippen molar-refractivity contribution >= 4 is 42.3 Å². The lowest BCUT2D eigenvalue weighted by Crippen LogP contribution is -2.58. The first-order chi connectivity index (χ1) is 14.6. The molecule has 0 bridgehead atoms. The highest BCUT2D eigenvalue weighted by Crippen LogP contribution is 2.09. The normalized spacial score (nSPS) is 19.5. The third kappa shape index (κ3) is 8.74. The Bertz CT molecular complexity index is 670. The van der Waals surface area contributed by atoms with E-state index in [4.69, 9.17) is 5.11 Å². The SMILES string of the molecule is CCC(C)C(NC(=O)C(CS)NC(=O)C(CCC(=O)O)NC(=O)C1CCCN1)C(=O)O. The van der Waals surface area contributed by atoms with Crippen LogP contribution in [0.4, 0.5) is 0 Å². The molecular formula is C19H32N4O7S. The average Bonchev–Trinajstić information content (AvgIpc) is 3.26. The number of rotatable bonds is 13. The van der Waals surface area contributed by atoms with Crippen LogP contribution in [0.3, 0.4) is 0 Å². The summed E-state index contributed by atoms with van der Waals surface area (Å²) in [5.74, 6) is -4.66. The highest BCUT2D eigenvalue weighted by atomic mass is 32.1. The molecule has 1 saturated heterocycles. The second-order valence-electron chi connectivity index (χ2n) is 7.60. The Labute approximate surface area is 186 Å². The minimum Gasteiger partial charge on any atom is -0.481 e. The lowest BCUT2D eigenvalue weighted by atomic mass is 9.99. The summed E-state index contributed by atoms with van der Waals surface area (Å²) in [6.45, 7) is 4.15. The molecule has 0 aliphatic carbocycles. The minimum absolute atomic E-state index is 0.117. The molecule has 3 amide bonds. The molecule has 11 nitrogen and oxygen atoms in total. The summed E-state index contributed by atoms with van der Waals surface area (Å²) in [6.07, 6.45) is 1.42. The fourth-order valence-corrected chi connectivity index (χ4v) is 3.38. The van der Waals surface area contributed by atoms with Gasteiger partial charge in [0.1, 0.15) is 18.1 Å². The van der Waals surface area contributed by atoms with Gasteiger partial charge in [-0.1, -0.05) is 20.3 Å². The van der Waals surface area contributed by atoms with Crippen LogP contribution in [0.25, 0.3) is 0 Å². The number of carbonyl (C=O) groups excluding carboxylic acids is 3. The molecule has 0 aromatic carbocycles. The van der Waals surface area contributed by atoms with E-state index in [1.807, 2.05) is 0 Å². The molecule has 0 saturated carbocycles. The Balaban J connectivity index is 2.83. The fourth-order valence-electron chi connectivity index (χ4n) is 3.12.